The maximum Gasteiger partial charge on any atom is 0.165 e. The molecule has 0 spiro atoms. The summed E-state index contributed by atoms with van der Waals surface area (Å²) in [7, 11) is 0. The molecule has 102 valence electrons. The summed E-state index contributed by atoms with van der Waals surface area (Å²) in [6.07, 6.45) is 2.40. The summed E-state index contributed by atoms with van der Waals surface area (Å²) in [4.78, 5) is 0. The van der Waals surface area contributed by atoms with Crippen molar-refractivity contribution in [2.45, 2.75) is 26.7 Å². The minimum absolute atomic E-state index is 0.299. The molecule has 0 fully saturated rings. The Morgan fingerprint density at radius 3 is 2.83 bits per heavy atom. The van der Waals surface area contributed by atoms with Gasteiger partial charge in [0.25, 0.3) is 0 Å². The Bertz CT molecular complexity index is 358. The largest absolute Gasteiger partial charge is 0.489 e. The van der Waals surface area contributed by atoms with Crippen LogP contribution in [0.2, 0.25) is 0 Å². The first-order valence-electron chi connectivity index (χ1n) is 6.38. The molecule has 0 aliphatic heterocycles. The molecule has 0 atom stereocenters. The third kappa shape index (κ3) is 6.36. The summed E-state index contributed by atoms with van der Waals surface area (Å²) in [5.74, 6) is 0.727. The van der Waals surface area contributed by atoms with E-state index in [1.54, 1.807) is 12.1 Å². The van der Waals surface area contributed by atoms with Gasteiger partial charge in [-0.25, -0.2) is 4.39 Å². The molecule has 1 aromatic carbocycles. The molecular weight excluding hydrogens is 297 g/mol. The number of rotatable bonds is 8. The first kappa shape index (κ1) is 15.4. The van der Waals surface area contributed by atoms with Crippen LogP contribution < -0.4 is 10.1 Å². The van der Waals surface area contributed by atoms with Crippen molar-refractivity contribution in [1.82, 2.24) is 5.32 Å². The molecule has 0 aliphatic rings. The number of hydrogen-bond donors (Lipinski definition) is 1. The zero-order valence-electron chi connectivity index (χ0n) is 11.0. The summed E-state index contributed by atoms with van der Waals surface area (Å²) in [5, 5.41) is 3.29. The molecule has 2 nitrogen and oxygen atoms in total. The molecule has 18 heavy (non-hydrogen) atoms. The van der Waals surface area contributed by atoms with Gasteiger partial charge < -0.3 is 10.1 Å². The Labute approximate surface area is 117 Å². The highest BCUT2D eigenvalue weighted by Gasteiger charge is 2.03. The van der Waals surface area contributed by atoms with E-state index in [4.69, 9.17) is 4.74 Å². The van der Waals surface area contributed by atoms with Gasteiger partial charge in [0, 0.05) is 11.0 Å². The fraction of sp³-hybridized carbons (Fsp3) is 0.571. The Hall–Kier alpha value is -0.610. The van der Waals surface area contributed by atoms with Crippen molar-refractivity contribution in [1.29, 1.82) is 0 Å². The second-order valence-electron chi connectivity index (χ2n) is 4.71. The fourth-order valence-corrected chi connectivity index (χ4v) is 1.92. The van der Waals surface area contributed by atoms with Crippen LogP contribution >= 0.6 is 15.9 Å². The van der Waals surface area contributed by atoms with Gasteiger partial charge in [0.1, 0.15) is 6.61 Å². The van der Waals surface area contributed by atoms with E-state index < -0.39 is 0 Å². The molecular formula is C14H21BrFNO. The van der Waals surface area contributed by atoms with E-state index in [0.717, 1.165) is 23.5 Å². The monoisotopic (exact) mass is 317 g/mol. The third-order valence-corrected chi connectivity index (χ3v) is 3.06. The van der Waals surface area contributed by atoms with E-state index in [0.29, 0.717) is 12.4 Å². The minimum Gasteiger partial charge on any atom is -0.489 e. The molecule has 0 bridgehead atoms. The molecule has 0 aromatic heterocycles. The van der Waals surface area contributed by atoms with Crippen LogP contribution in [0, 0.1) is 11.7 Å². The van der Waals surface area contributed by atoms with Crippen LogP contribution in [-0.2, 0) is 0 Å². The highest BCUT2D eigenvalue weighted by atomic mass is 79.9. The lowest BCUT2D eigenvalue weighted by Crippen LogP contribution is -2.22. The second kappa shape index (κ2) is 8.48. The number of ether oxygens (including phenoxy) is 1. The number of nitrogens with one attached hydrogen (secondary N) is 1. The van der Waals surface area contributed by atoms with E-state index in [2.05, 4.69) is 35.1 Å². The molecule has 0 aliphatic carbocycles. The van der Waals surface area contributed by atoms with E-state index in [1.165, 1.54) is 18.9 Å². The number of hydrogen-bond acceptors (Lipinski definition) is 2. The van der Waals surface area contributed by atoms with Crippen LogP contribution in [-0.4, -0.2) is 19.7 Å². The minimum atomic E-state index is -0.321. The zero-order chi connectivity index (χ0) is 13.4. The number of benzene rings is 1. The topological polar surface area (TPSA) is 21.3 Å². The first-order chi connectivity index (χ1) is 8.59. The Morgan fingerprint density at radius 2 is 2.11 bits per heavy atom. The standard InChI is InChI=1S/C14H21BrFNO/c1-11(2)4-3-7-17-8-9-18-14-10-12(15)5-6-13(14)16/h5-6,10-11,17H,3-4,7-9H2,1-2H3. The van der Waals surface area contributed by atoms with Crippen LogP contribution in [0.4, 0.5) is 4.39 Å². The van der Waals surface area contributed by atoms with E-state index >= 15 is 0 Å². The van der Waals surface area contributed by atoms with Crippen LogP contribution in [0.3, 0.4) is 0 Å². The van der Waals surface area contributed by atoms with E-state index in [-0.39, 0.29) is 5.82 Å². The quantitative estimate of drug-likeness (QED) is 0.732. The van der Waals surface area contributed by atoms with Crippen LogP contribution in [0.5, 0.6) is 5.75 Å². The molecule has 0 heterocycles. The zero-order valence-corrected chi connectivity index (χ0v) is 12.6. The SMILES string of the molecule is CC(C)CCCNCCOc1cc(Br)ccc1F. The third-order valence-electron chi connectivity index (χ3n) is 2.56. The molecule has 0 amide bonds. The van der Waals surface area contributed by atoms with Crippen molar-refractivity contribution < 1.29 is 9.13 Å². The van der Waals surface area contributed by atoms with Gasteiger partial charge >= 0.3 is 0 Å². The van der Waals surface area contributed by atoms with Gasteiger partial charge in [0.15, 0.2) is 11.6 Å². The predicted octanol–water partition coefficient (Wildman–Crippen LogP) is 3.99. The van der Waals surface area contributed by atoms with Gasteiger partial charge in [-0.3, -0.25) is 0 Å². The summed E-state index contributed by atoms with van der Waals surface area (Å²) >= 11 is 3.29. The predicted molar refractivity (Wildman–Crippen MR) is 76.5 cm³/mol. The smallest absolute Gasteiger partial charge is 0.165 e. The molecule has 1 N–H and O–H groups in total. The van der Waals surface area contributed by atoms with Gasteiger partial charge in [-0.05, 0) is 43.5 Å². The lowest BCUT2D eigenvalue weighted by molar-refractivity contribution is 0.298. The van der Waals surface area contributed by atoms with Crippen LogP contribution in [0.25, 0.3) is 0 Å². The normalized spacial score (nSPS) is 10.9. The van der Waals surface area contributed by atoms with Gasteiger partial charge in [-0.15, -0.1) is 0 Å². The van der Waals surface area contributed by atoms with Gasteiger partial charge in [0.2, 0.25) is 0 Å². The molecule has 0 saturated carbocycles. The number of halogens is 2. The molecule has 0 radical (unpaired) electrons. The maximum atomic E-state index is 13.3. The second-order valence-corrected chi connectivity index (χ2v) is 5.62. The average molecular weight is 318 g/mol. The molecule has 0 saturated heterocycles. The highest BCUT2D eigenvalue weighted by Crippen LogP contribution is 2.21. The van der Waals surface area contributed by atoms with Crippen LogP contribution in [0.15, 0.2) is 22.7 Å². The van der Waals surface area contributed by atoms with Crippen LogP contribution in [0.1, 0.15) is 26.7 Å². The Balaban J connectivity index is 2.12. The molecule has 1 rings (SSSR count). The summed E-state index contributed by atoms with van der Waals surface area (Å²) in [5.41, 5.74) is 0. The lowest BCUT2D eigenvalue weighted by Gasteiger charge is -2.09. The molecule has 4 heteroatoms. The van der Waals surface area contributed by atoms with Gasteiger partial charge in [-0.1, -0.05) is 29.8 Å². The van der Waals surface area contributed by atoms with Crippen molar-refractivity contribution in [3.8, 4) is 5.75 Å². The Kier molecular flexibility index (Phi) is 7.28. The Morgan fingerprint density at radius 1 is 1.33 bits per heavy atom. The fourth-order valence-electron chi connectivity index (χ4n) is 1.58. The lowest BCUT2D eigenvalue weighted by atomic mass is 10.1. The van der Waals surface area contributed by atoms with Crippen molar-refractivity contribution in [3.05, 3.63) is 28.5 Å². The van der Waals surface area contributed by atoms with Crippen molar-refractivity contribution in [3.63, 3.8) is 0 Å². The van der Waals surface area contributed by atoms with Crippen molar-refractivity contribution in [2.75, 3.05) is 19.7 Å². The summed E-state index contributed by atoms with van der Waals surface area (Å²) < 4.78 is 19.5. The summed E-state index contributed by atoms with van der Waals surface area (Å²) in [6.45, 7) is 6.65. The maximum absolute atomic E-state index is 13.3. The average Bonchev–Trinajstić information content (AvgIpc) is 2.32. The van der Waals surface area contributed by atoms with Gasteiger partial charge in [0.05, 0.1) is 0 Å². The van der Waals surface area contributed by atoms with Gasteiger partial charge in [-0.2, -0.15) is 0 Å². The van der Waals surface area contributed by atoms with Crippen molar-refractivity contribution >= 4 is 15.9 Å². The van der Waals surface area contributed by atoms with Crippen molar-refractivity contribution in [2.24, 2.45) is 5.92 Å². The molecule has 0 unspecified atom stereocenters. The highest BCUT2D eigenvalue weighted by molar-refractivity contribution is 9.10. The molecule has 1 aromatic rings. The first-order valence-corrected chi connectivity index (χ1v) is 7.17. The summed E-state index contributed by atoms with van der Waals surface area (Å²) in [6, 6.07) is 4.70. The van der Waals surface area contributed by atoms with E-state index in [9.17, 15) is 4.39 Å². The van der Waals surface area contributed by atoms with E-state index in [1.807, 2.05) is 0 Å².